The van der Waals surface area contributed by atoms with Crippen molar-refractivity contribution >= 4 is 11.6 Å². The molecular formula is C21H20ClN. The normalized spacial score (nSPS) is 38.8. The van der Waals surface area contributed by atoms with E-state index in [9.17, 15) is 0 Å². The highest BCUT2D eigenvalue weighted by molar-refractivity contribution is 6.31. The first-order valence-electron chi connectivity index (χ1n) is 9.02. The SMILES string of the molecule is Clc1ccc2c(c1)-c1cccnc1C21C2CC3CC(C2)CC1C3. The van der Waals surface area contributed by atoms with Gasteiger partial charge in [0.05, 0.1) is 5.69 Å². The van der Waals surface area contributed by atoms with Crippen molar-refractivity contribution in [2.24, 2.45) is 23.7 Å². The highest BCUT2D eigenvalue weighted by Crippen LogP contribution is 2.68. The zero-order chi connectivity index (χ0) is 15.2. The maximum Gasteiger partial charge on any atom is 0.0593 e. The molecule has 5 aliphatic rings. The van der Waals surface area contributed by atoms with Gasteiger partial charge in [-0.25, -0.2) is 0 Å². The largest absolute Gasteiger partial charge is 0.260 e. The molecule has 2 heteroatoms. The van der Waals surface area contributed by atoms with Crippen LogP contribution in [0, 0.1) is 23.7 Å². The molecule has 0 atom stereocenters. The Morgan fingerprint density at radius 1 is 0.913 bits per heavy atom. The van der Waals surface area contributed by atoms with E-state index in [1.165, 1.54) is 54.5 Å². The van der Waals surface area contributed by atoms with Gasteiger partial charge in [0.2, 0.25) is 0 Å². The fraction of sp³-hybridized carbons (Fsp3) is 0.476. The summed E-state index contributed by atoms with van der Waals surface area (Å²) < 4.78 is 0. The van der Waals surface area contributed by atoms with Crippen molar-refractivity contribution in [2.75, 3.05) is 0 Å². The lowest BCUT2D eigenvalue weighted by atomic mass is 9.43. The Balaban J connectivity index is 1.68. The summed E-state index contributed by atoms with van der Waals surface area (Å²) in [5.74, 6) is 3.53. The van der Waals surface area contributed by atoms with Crippen molar-refractivity contribution in [3.05, 3.63) is 52.8 Å². The van der Waals surface area contributed by atoms with Crippen LogP contribution < -0.4 is 0 Å². The third-order valence-electron chi connectivity index (χ3n) is 7.34. The average Bonchev–Trinajstić information content (AvgIpc) is 2.83. The van der Waals surface area contributed by atoms with E-state index in [1.807, 2.05) is 6.20 Å². The minimum Gasteiger partial charge on any atom is -0.260 e. The third-order valence-corrected chi connectivity index (χ3v) is 7.58. The molecule has 1 aromatic heterocycles. The molecule has 0 radical (unpaired) electrons. The molecule has 1 aromatic carbocycles. The average molecular weight is 322 g/mol. The summed E-state index contributed by atoms with van der Waals surface area (Å²) in [6.45, 7) is 0. The van der Waals surface area contributed by atoms with Gasteiger partial charge in [0.1, 0.15) is 0 Å². The highest BCUT2D eigenvalue weighted by Gasteiger charge is 2.62. The van der Waals surface area contributed by atoms with Crippen LogP contribution in [0.2, 0.25) is 5.02 Å². The lowest BCUT2D eigenvalue weighted by Gasteiger charge is -2.60. The molecule has 0 saturated heterocycles. The van der Waals surface area contributed by atoms with Crippen LogP contribution in [0.3, 0.4) is 0 Å². The Bertz CT molecular complexity index is 796. The molecule has 4 fully saturated rings. The molecule has 116 valence electrons. The van der Waals surface area contributed by atoms with E-state index in [-0.39, 0.29) is 5.41 Å². The summed E-state index contributed by atoms with van der Waals surface area (Å²) >= 11 is 6.35. The molecule has 0 N–H and O–H groups in total. The smallest absolute Gasteiger partial charge is 0.0593 e. The molecular weight excluding hydrogens is 302 g/mol. The first-order valence-corrected chi connectivity index (χ1v) is 9.40. The fourth-order valence-electron chi connectivity index (χ4n) is 6.93. The Hall–Kier alpha value is -1.34. The van der Waals surface area contributed by atoms with E-state index >= 15 is 0 Å². The quantitative estimate of drug-likeness (QED) is 0.628. The van der Waals surface area contributed by atoms with Crippen LogP contribution in [0.15, 0.2) is 36.5 Å². The number of aromatic nitrogens is 1. The molecule has 1 heterocycles. The minimum atomic E-state index is 0.184. The molecule has 7 rings (SSSR count). The third kappa shape index (κ3) is 1.44. The van der Waals surface area contributed by atoms with Crippen LogP contribution >= 0.6 is 11.6 Å². The second kappa shape index (κ2) is 4.19. The lowest BCUT2D eigenvalue weighted by molar-refractivity contribution is -0.0415. The predicted octanol–water partition coefficient (Wildman–Crippen LogP) is 5.46. The van der Waals surface area contributed by atoms with Crippen LogP contribution in [-0.2, 0) is 5.41 Å². The maximum atomic E-state index is 6.35. The van der Waals surface area contributed by atoms with Crippen molar-refractivity contribution in [3.63, 3.8) is 0 Å². The van der Waals surface area contributed by atoms with Gasteiger partial charge in [-0.1, -0.05) is 23.7 Å². The summed E-state index contributed by atoms with van der Waals surface area (Å²) in [7, 11) is 0. The fourth-order valence-corrected chi connectivity index (χ4v) is 7.11. The number of hydrogen-bond donors (Lipinski definition) is 0. The molecule has 5 aliphatic carbocycles. The van der Waals surface area contributed by atoms with E-state index < -0.39 is 0 Å². The van der Waals surface area contributed by atoms with E-state index in [1.54, 1.807) is 0 Å². The number of fused-ring (bicyclic) bond motifs is 3. The number of hydrogen-bond acceptors (Lipinski definition) is 1. The molecule has 0 unspecified atom stereocenters. The van der Waals surface area contributed by atoms with Gasteiger partial charge in [-0.2, -0.15) is 0 Å². The van der Waals surface area contributed by atoms with Gasteiger partial charge >= 0.3 is 0 Å². The second-order valence-electron chi connectivity index (χ2n) is 8.26. The number of nitrogens with zero attached hydrogens (tertiary/aromatic N) is 1. The number of halogens is 1. The first-order chi connectivity index (χ1) is 11.3. The molecule has 0 aliphatic heterocycles. The first kappa shape index (κ1) is 13.0. The summed E-state index contributed by atoms with van der Waals surface area (Å²) in [4.78, 5) is 4.96. The van der Waals surface area contributed by atoms with Gasteiger partial charge in [0.15, 0.2) is 0 Å². The summed E-state index contributed by atoms with van der Waals surface area (Å²) in [5, 5.41) is 0.847. The van der Waals surface area contributed by atoms with Gasteiger partial charge in [-0.15, -0.1) is 0 Å². The second-order valence-corrected chi connectivity index (χ2v) is 8.70. The van der Waals surface area contributed by atoms with E-state index in [0.717, 1.165) is 28.7 Å². The predicted molar refractivity (Wildman–Crippen MR) is 92.5 cm³/mol. The maximum absolute atomic E-state index is 6.35. The monoisotopic (exact) mass is 321 g/mol. The Morgan fingerprint density at radius 2 is 1.65 bits per heavy atom. The number of pyridine rings is 1. The zero-order valence-corrected chi connectivity index (χ0v) is 13.9. The zero-order valence-electron chi connectivity index (χ0n) is 13.1. The van der Waals surface area contributed by atoms with Crippen molar-refractivity contribution < 1.29 is 0 Å². The summed E-state index contributed by atoms with van der Waals surface area (Å²) in [5.41, 5.74) is 5.78. The van der Waals surface area contributed by atoms with Gasteiger partial charge in [-0.3, -0.25) is 4.98 Å². The lowest BCUT2D eigenvalue weighted by Crippen LogP contribution is -2.55. The number of benzene rings is 1. The van der Waals surface area contributed by atoms with Crippen LogP contribution in [0.4, 0.5) is 0 Å². The van der Waals surface area contributed by atoms with Crippen molar-refractivity contribution in [1.82, 2.24) is 4.98 Å². The van der Waals surface area contributed by atoms with Gasteiger partial charge in [-0.05, 0) is 85.1 Å². The van der Waals surface area contributed by atoms with Crippen LogP contribution in [0.25, 0.3) is 11.1 Å². The molecule has 2 aromatic rings. The van der Waals surface area contributed by atoms with Crippen LogP contribution in [-0.4, -0.2) is 4.98 Å². The van der Waals surface area contributed by atoms with E-state index in [0.29, 0.717) is 0 Å². The standard InChI is InChI=1S/C21H20ClN/c22-16-3-4-19-18(11-16)17-2-1-5-23-20(17)21(19)14-7-12-6-13(9-14)10-15(21)8-12/h1-5,11-15H,6-10H2. The van der Waals surface area contributed by atoms with Gasteiger partial charge in [0.25, 0.3) is 0 Å². The molecule has 23 heavy (non-hydrogen) atoms. The van der Waals surface area contributed by atoms with Crippen molar-refractivity contribution in [3.8, 4) is 11.1 Å². The molecule has 4 bridgehead atoms. The Morgan fingerprint density at radius 3 is 2.39 bits per heavy atom. The summed E-state index contributed by atoms with van der Waals surface area (Å²) in [6.07, 6.45) is 9.12. The molecule has 1 nitrogen and oxygen atoms in total. The van der Waals surface area contributed by atoms with E-state index in [2.05, 4.69) is 30.3 Å². The molecule has 0 amide bonds. The molecule has 4 saturated carbocycles. The van der Waals surface area contributed by atoms with Crippen LogP contribution in [0.1, 0.15) is 43.4 Å². The number of rotatable bonds is 0. The highest BCUT2D eigenvalue weighted by atomic mass is 35.5. The summed E-state index contributed by atoms with van der Waals surface area (Å²) in [6, 6.07) is 10.9. The minimum absolute atomic E-state index is 0.184. The topological polar surface area (TPSA) is 12.9 Å². The van der Waals surface area contributed by atoms with Crippen molar-refractivity contribution in [1.29, 1.82) is 0 Å². The molecule has 1 spiro atoms. The van der Waals surface area contributed by atoms with Gasteiger partial charge in [0, 0.05) is 22.2 Å². The Labute approximate surface area is 142 Å². The van der Waals surface area contributed by atoms with Crippen LogP contribution in [0.5, 0.6) is 0 Å². The van der Waals surface area contributed by atoms with Gasteiger partial charge < -0.3 is 0 Å². The van der Waals surface area contributed by atoms with E-state index in [4.69, 9.17) is 16.6 Å². The Kier molecular flexibility index (Phi) is 2.37. The van der Waals surface area contributed by atoms with Crippen molar-refractivity contribution in [2.45, 2.75) is 37.5 Å².